The van der Waals surface area contributed by atoms with Crippen molar-refractivity contribution in [3.8, 4) is 0 Å². The third kappa shape index (κ3) is 5.84. The molecule has 0 radical (unpaired) electrons. The summed E-state index contributed by atoms with van der Waals surface area (Å²) in [5.74, 6) is -1.13. The Morgan fingerprint density at radius 1 is 0.941 bits per heavy atom. The molecule has 1 atom stereocenters. The highest BCUT2D eigenvalue weighted by Gasteiger charge is 2.37. The van der Waals surface area contributed by atoms with Crippen LogP contribution in [0.25, 0.3) is 6.08 Å². The molecule has 3 rings (SSSR count). The maximum Gasteiger partial charge on any atom is 0.336 e. The van der Waals surface area contributed by atoms with Gasteiger partial charge in [0.25, 0.3) is 10.0 Å². The highest BCUT2D eigenvalue weighted by Crippen LogP contribution is 2.25. The molecule has 3 aromatic rings. The third-order valence-corrected chi connectivity index (χ3v) is 6.76. The van der Waals surface area contributed by atoms with Crippen LogP contribution in [-0.4, -0.2) is 27.4 Å². The lowest BCUT2D eigenvalue weighted by atomic mass is 9.92. The van der Waals surface area contributed by atoms with Gasteiger partial charge in [-0.1, -0.05) is 66.2 Å². The highest BCUT2D eigenvalue weighted by molar-refractivity contribution is 7.92. The normalized spacial score (nSPS) is 13.1. The number of nitrogens with one attached hydrogen (secondary N) is 2. The molecule has 9 heteroatoms. The van der Waals surface area contributed by atoms with Crippen molar-refractivity contribution in [1.29, 1.82) is 0 Å². The van der Waals surface area contributed by atoms with E-state index in [4.69, 9.17) is 16.3 Å². The van der Waals surface area contributed by atoms with Crippen molar-refractivity contribution in [2.24, 2.45) is 0 Å². The molecule has 0 aliphatic carbocycles. The van der Waals surface area contributed by atoms with Gasteiger partial charge in [0, 0.05) is 6.08 Å². The van der Waals surface area contributed by atoms with E-state index in [1.807, 2.05) is 0 Å². The Bertz CT molecular complexity index is 1310. The smallest absolute Gasteiger partial charge is 0.336 e. The summed E-state index contributed by atoms with van der Waals surface area (Å²) in [6.45, 7) is 1.56. The number of esters is 1. The molecule has 7 nitrogen and oxygen atoms in total. The minimum absolute atomic E-state index is 0.0383. The zero-order valence-electron chi connectivity index (χ0n) is 18.5. The van der Waals surface area contributed by atoms with Crippen LogP contribution >= 0.6 is 11.6 Å². The fraction of sp³-hybridized carbons (Fsp3) is 0.120. The van der Waals surface area contributed by atoms with Crippen LogP contribution in [0.2, 0.25) is 5.02 Å². The summed E-state index contributed by atoms with van der Waals surface area (Å²) < 4.78 is 32.6. The van der Waals surface area contributed by atoms with Crippen molar-refractivity contribution in [3.05, 3.63) is 101 Å². The number of methoxy groups -OCH3 is 1. The SMILES string of the molecule is COC(=O)[C@@](C)(NC(=O)/C=C\c1ccc(S(=O)(=O)Nc2ccccc2Cl)cc1)c1ccccc1. The number of sulfonamides is 1. The Kier molecular flexibility index (Phi) is 7.75. The molecule has 34 heavy (non-hydrogen) atoms. The van der Waals surface area contributed by atoms with E-state index in [-0.39, 0.29) is 15.6 Å². The van der Waals surface area contributed by atoms with Gasteiger partial charge in [-0.15, -0.1) is 0 Å². The largest absolute Gasteiger partial charge is 0.467 e. The van der Waals surface area contributed by atoms with Crippen molar-refractivity contribution < 1.29 is 22.7 Å². The molecule has 0 saturated heterocycles. The molecule has 0 heterocycles. The number of anilines is 1. The van der Waals surface area contributed by atoms with E-state index in [0.29, 0.717) is 11.1 Å². The van der Waals surface area contributed by atoms with Crippen LogP contribution in [0.4, 0.5) is 5.69 Å². The van der Waals surface area contributed by atoms with Gasteiger partial charge in [0.2, 0.25) is 5.91 Å². The number of ether oxygens (including phenoxy) is 1. The zero-order valence-corrected chi connectivity index (χ0v) is 20.1. The number of hydrogen-bond donors (Lipinski definition) is 2. The summed E-state index contributed by atoms with van der Waals surface area (Å²) in [4.78, 5) is 25.0. The standard InChI is InChI=1S/C25H23ClN2O5S/c1-25(24(30)33-2,19-8-4-3-5-9-19)27-23(29)17-14-18-12-15-20(16-13-18)34(31,32)28-22-11-7-6-10-21(22)26/h3-17,28H,1-2H3,(H,27,29)/b17-14-/t25-/m0/s1. The first-order chi connectivity index (χ1) is 16.2. The number of carbonyl (C=O) groups is 2. The van der Waals surface area contributed by atoms with E-state index in [2.05, 4.69) is 10.0 Å². The molecule has 0 fully saturated rings. The lowest BCUT2D eigenvalue weighted by Crippen LogP contribution is -2.49. The second kappa shape index (κ2) is 10.5. The van der Waals surface area contributed by atoms with Gasteiger partial charge in [0.05, 0.1) is 22.7 Å². The number of hydrogen-bond acceptors (Lipinski definition) is 5. The Morgan fingerprint density at radius 3 is 2.18 bits per heavy atom. The van der Waals surface area contributed by atoms with Crippen LogP contribution in [-0.2, 0) is 29.9 Å². The second-order valence-corrected chi connectivity index (χ2v) is 9.55. The first kappa shape index (κ1) is 25.0. The van der Waals surface area contributed by atoms with Gasteiger partial charge in [-0.2, -0.15) is 0 Å². The van der Waals surface area contributed by atoms with Crippen molar-refractivity contribution in [1.82, 2.24) is 5.32 Å². The Hall–Kier alpha value is -3.62. The summed E-state index contributed by atoms with van der Waals surface area (Å²) in [5, 5.41) is 2.96. The van der Waals surface area contributed by atoms with E-state index < -0.39 is 27.4 Å². The third-order valence-electron chi connectivity index (χ3n) is 5.05. The molecule has 0 unspecified atom stereocenters. The molecular weight excluding hydrogens is 476 g/mol. The summed E-state index contributed by atoms with van der Waals surface area (Å²) >= 11 is 6.02. The minimum Gasteiger partial charge on any atom is -0.467 e. The summed E-state index contributed by atoms with van der Waals surface area (Å²) in [6.07, 6.45) is 2.77. The molecule has 0 aliphatic heterocycles. The summed E-state index contributed by atoms with van der Waals surface area (Å²) in [7, 11) is -2.59. The number of rotatable bonds is 8. The van der Waals surface area contributed by atoms with Crippen molar-refractivity contribution in [3.63, 3.8) is 0 Å². The van der Waals surface area contributed by atoms with Crippen molar-refractivity contribution in [2.45, 2.75) is 17.4 Å². The molecule has 176 valence electrons. The molecule has 0 spiro atoms. The number of para-hydroxylation sites is 1. The number of benzene rings is 3. The van der Waals surface area contributed by atoms with E-state index in [1.165, 1.54) is 31.4 Å². The lowest BCUT2D eigenvalue weighted by Gasteiger charge is -2.27. The first-order valence-corrected chi connectivity index (χ1v) is 12.0. The van der Waals surface area contributed by atoms with Crippen molar-refractivity contribution >= 4 is 45.3 Å². The van der Waals surface area contributed by atoms with Crippen LogP contribution in [0, 0.1) is 0 Å². The van der Waals surface area contributed by atoms with Crippen LogP contribution in [0.15, 0.2) is 89.8 Å². The fourth-order valence-electron chi connectivity index (χ4n) is 3.18. The van der Waals surface area contributed by atoms with Crippen LogP contribution in [0.1, 0.15) is 18.1 Å². The molecule has 0 aliphatic rings. The maximum atomic E-state index is 12.6. The highest BCUT2D eigenvalue weighted by atomic mass is 35.5. The van der Waals surface area contributed by atoms with Crippen LogP contribution < -0.4 is 10.0 Å². The molecular formula is C25H23ClN2O5S. The Labute approximate surface area is 203 Å². The number of halogens is 1. The monoisotopic (exact) mass is 498 g/mol. The van der Waals surface area contributed by atoms with Gasteiger partial charge in [0.15, 0.2) is 5.54 Å². The fourth-order valence-corrected chi connectivity index (χ4v) is 4.50. The predicted molar refractivity (Wildman–Crippen MR) is 132 cm³/mol. The maximum absolute atomic E-state index is 12.6. The average Bonchev–Trinajstić information content (AvgIpc) is 2.84. The quantitative estimate of drug-likeness (QED) is 0.355. The van der Waals surface area contributed by atoms with Gasteiger partial charge >= 0.3 is 5.97 Å². The van der Waals surface area contributed by atoms with E-state index in [9.17, 15) is 18.0 Å². The zero-order chi connectivity index (χ0) is 24.8. The van der Waals surface area contributed by atoms with Crippen LogP contribution in [0.3, 0.4) is 0 Å². The van der Waals surface area contributed by atoms with Crippen molar-refractivity contribution in [2.75, 3.05) is 11.8 Å². The number of amides is 1. The van der Waals surface area contributed by atoms with E-state index in [0.717, 1.165) is 0 Å². The Morgan fingerprint density at radius 2 is 1.56 bits per heavy atom. The van der Waals surface area contributed by atoms with Gasteiger partial charge in [-0.05, 0) is 48.4 Å². The van der Waals surface area contributed by atoms with Gasteiger partial charge < -0.3 is 10.1 Å². The molecule has 0 aromatic heterocycles. The average molecular weight is 499 g/mol. The topological polar surface area (TPSA) is 102 Å². The van der Waals surface area contributed by atoms with E-state index >= 15 is 0 Å². The summed E-state index contributed by atoms with van der Waals surface area (Å²) in [6, 6.07) is 21.2. The lowest BCUT2D eigenvalue weighted by molar-refractivity contribution is -0.150. The Balaban J connectivity index is 1.72. The molecule has 0 saturated carbocycles. The molecule has 0 bridgehead atoms. The first-order valence-electron chi connectivity index (χ1n) is 10.2. The molecule has 1 amide bonds. The number of carbonyl (C=O) groups excluding carboxylic acids is 2. The molecule has 3 aromatic carbocycles. The van der Waals surface area contributed by atoms with Crippen LogP contribution in [0.5, 0.6) is 0 Å². The summed E-state index contributed by atoms with van der Waals surface area (Å²) in [5.41, 5.74) is 0.0621. The van der Waals surface area contributed by atoms with Gasteiger partial charge in [-0.3, -0.25) is 9.52 Å². The minimum atomic E-state index is -3.84. The molecule has 2 N–H and O–H groups in total. The predicted octanol–water partition coefficient (Wildman–Crippen LogP) is 4.36. The second-order valence-electron chi connectivity index (χ2n) is 7.46. The van der Waals surface area contributed by atoms with Gasteiger partial charge in [0.1, 0.15) is 0 Å². The van der Waals surface area contributed by atoms with E-state index in [1.54, 1.807) is 73.7 Å². The van der Waals surface area contributed by atoms with Gasteiger partial charge in [-0.25, -0.2) is 13.2 Å².